The first-order valence-electron chi connectivity index (χ1n) is 6.01. The second-order valence-electron chi connectivity index (χ2n) is 4.19. The van der Waals surface area contributed by atoms with E-state index in [4.69, 9.17) is 11.6 Å². The van der Waals surface area contributed by atoms with Gasteiger partial charge in [0.25, 0.3) is 5.91 Å². The number of rotatable bonds is 2. The Morgan fingerprint density at radius 3 is 2.75 bits per heavy atom. The predicted molar refractivity (Wildman–Crippen MR) is 78.9 cm³/mol. The fraction of sp³-hybridized carbons (Fsp3) is 0. The second kappa shape index (κ2) is 5.27. The molecule has 0 aliphatic carbocycles. The number of carbonyl (C=O) groups is 1. The molecular weight excluding hydrogens is 274 g/mol. The van der Waals surface area contributed by atoms with Crippen LogP contribution in [0.4, 0.5) is 5.82 Å². The summed E-state index contributed by atoms with van der Waals surface area (Å²) in [4.78, 5) is 20.6. The van der Waals surface area contributed by atoms with Gasteiger partial charge in [-0.05, 0) is 24.3 Å². The molecule has 0 atom stereocenters. The lowest BCUT2D eigenvalue weighted by atomic mass is 10.1. The lowest BCUT2D eigenvalue weighted by molar-refractivity contribution is 0.102. The minimum atomic E-state index is -0.260. The van der Waals surface area contributed by atoms with Crippen LogP contribution in [0.15, 0.2) is 54.9 Å². The fourth-order valence-electron chi connectivity index (χ4n) is 1.94. The van der Waals surface area contributed by atoms with Crippen molar-refractivity contribution in [2.45, 2.75) is 0 Å². The molecule has 0 unspecified atom stereocenters. The number of pyridine rings is 2. The van der Waals surface area contributed by atoms with Gasteiger partial charge in [-0.2, -0.15) is 0 Å². The number of hydrogen-bond acceptors (Lipinski definition) is 3. The SMILES string of the molecule is O=C(Nc1cc(Cl)ccn1)c1cccc2cccnc12. The Morgan fingerprint density at radius 2 is 1.90 bits per heavy atom. The molecule has 1 N–H and O–H groups in total. The van der Waals surface area contributed by atoms with Crippen molar-refractivity contribution in [2.24, 2.45) is 0 Å². The van der Waals surface area contributed by atoms with Crippen molar-refractivity contribution in [3.05, 3.63) is 65.4 Å². The molecule has 0 aliphatic rings. The summed E-state index contributed by atoms with van der Waals surface area (Å²) in [5.41, 5.74) is 1.17. The van der Waals surface area contributed by atoms with Crippen molar-refractivity contribution in [3.8, 4) is 0 Å². The maximum Gasteiger partial charge on any atom is 0.259 e. The molecule has 0 fully saturated rings. The molecule has 2 aromatic heterocycles. The highest BCUT2D eigenvalue weighted by atomic mass is 35.5. The van der Waals surface area contributed by atoms with E-state index in [2.05, 4.69) is 15.3 Å². The molecule has 0 saturated heterocycles. The summed E-state index contributed by atoms with van der Waals surface area (Å²) in [5.74, 6) is 0.152. The van der Waals surface area contributed by atoms with Crippen LogP contribution in [-0.4, -0.2) is 15.9 Å². The smallest absolute Gasteiger partial charge is 0.259 e. The molecule has 0 saturated carbocycles. The monoisotopic (exact) mass is 283 g/mol. The van der Waals surface area contributed by atoms with Crippen LogP contribution in [-0.2, 0) is 0 Å². The number of nitrogens with one attached hydrogen (secondary N) is 1. The largest absolute Gasteiger partial charge is 0.306 e. The highest BCUT2D eigenvalue weighted by Gasteiger charge is 2.11. The number of para-hydroxylation sites is 1. The maximum atomic E-state index is 12.3. The summed E-state index contributed by atoms with van der Waals surface area (Å²) >= 11 is 5.87. The number of fused-ring (bicyclic) bond motifs is 1. The van der Waals surface area contributed by atoms with E-state index >= 15 is 0 Å². The van der Waals surface area contributed by atoms with Crippen LogP contribution in [0.2, 0.25) is 5.02 Å². The summed E-state index contributed by atoms with van der Waals surface area (Å²) in [5, 5.41) is 4.15. The molecule has 3 rings (SSSR count). The molecular formula is C15H10ClN3O. The lowest BCUT2D eigenvalue weighted by Crippen LogP contribution is -2.13. The summed E-state index contributed by atoms with van der Waals surface area (Å²) in [7, 11) is 0. The van der Waals surface area contributed by atoms with E-state index in [0.29, 0.717) is 21.9 Å². The van der Waals surface area contributed by atoms with Crippen molar-refractivity contribution in [3.63, 3.8) is 0 Å². The summed E-state index contributed by atoms with van der Waals surface area (Å²) < 4.78 is 0. The second-order valence-corrected chi connectivity index (χ2v) is 4.63. The molecule has 0 radical (unpaired) electrons. The fourth-order valence-corrected chi connectivity index (χ4v) is 2.10. The molecule has 0 bridgehead atoms. The summed E-state index contributed by atoms with van der Waals surface area (Å²) in [6.45, 7) is 0. The first kappa shape index (κ1) is 12.6. The number of amides is 1. The van der Waals surface area contributed by atoms with Crippen LogP contribution < -0.4 is 5.32 Å². The third-order valence-electron chi connectivity index (χ3n) is 2.84. The molecule has 1 amide bonds. The van der Waals surface area contributed by atoms with Crippen LogP contribution >= 0.6 is 11.6 Å². The molecule has 0 aliphatic heterocycles. The van der Waals surface area contributed by atoms with E-state index in [1.54, 1.807) is 30.6 Å². The standard InChI is InChI=1S/C15H10ClN3O/c16-11-6-8-17-13(9-11)19-15(20)12-5-1-3-10-4-2-7-18-14(10)12/h1-9H,(H,17,19,20). The van der Waals surface area contributed by atoms with Crippen LogP contribution in [0.3, 0.4) is 0 Å². The summed E-state index contributed by atoms with van der Waals surface area (Å²) in [6, 6.07) is 12.5. The molecule has 0 spiro atoms. The van der Waals surface area contributed by atoms with Gasteiger partial charge in [0, 0.05) is 22.8 Å². The third-order valence-corrected chi connectivity index (χ3v) is 3.08. The Balaban J connectivity index is 1.97. The van der Waals surface area contributed by atoms with E-state index in [-0.39, 0.29) is 5.91 Å². The minimum absolute atomic E-state index is 0.260. The Hall–Kier alpha value is -2.46. The van der Waals surface area contributed by atoms with Gasteiger partial charge in [-0.15, -0.1) is 0 Å². The zero-order valence-electron chi connectivity index (χ0n) is 10.4. The zero-order valence-corrected chi connectivity index (χ0v) is 11.1. The Bertz CT molecular complexity index is 783. The van der Waals surface area contributed by atoms with E-state index in [1.165, 1.54) is 0 Å². The topological polar surface area (TPSA) is 54.9 Å². The number of nitrogens with zero attached hydrogens (tertiary/aromatic N) is 2. The molecule has 3 aromatic rings. The number of carbonyl (C=O) groups excluding carboxylic acids is 1. The van der Waals surface area contributed by atoms with Crippen molar-refractivity contribution >= 4 is 34.2 Å². The molecule has 2 heterocycles. The minimum Gasteiger partial charge on any atom is -0.306 e. The maximum absolute atomic E-state index is 12.3. The Labute approximate surface area is 120 Å². The molecule has 98 valence electrons. The quantitative estimate of drug-likeness (QED) is 0.783. The third kappa shape index (κ3) is 2.46. The normalized spacial score (nSPS) is 10.4. The van der Waals surface area contributed by atoms with E-state index < -0.39 is 0 Å². The van der Waals surface area contributed by atoms with Gasteiger partial charge in [-0.25, -0.2) is 4.98 Å². The van der Waals surface area contributed by atoms with Crippen LogP contribution in [0, 0.1) is 0 Å². The number of halogens is 1. The zero-order chi connectivity index (χ0) is 13.9. The average molecular weight is 284 g/mol. The number of anilines is 1. The van der Waals surface area contributed by atoms with Crippen molar-refractivity contribution in [1.82, 2.24) is 9.97 Å². The number of aromatic nitrogens is 2. The van der Waals surface area contributed by atoms with Crippen LogP contribution in [0.25, 0.3) is 10.9 Å². The van der Waals surface area contributed by atoms with Crippen molar-refractivity contribution < 1.29 is 4.79 Å². The van der Waals surface area contributed by atoms with Crippen LogP contribution in [0.5, 0.6) is 0 Å². The highest BCUT2D eigenvalue weighted by molar-refractivity contribution is 6.30. The van der Waals surface area contributed by atoms with Gasteiger partial charge in [0.1, 0.15) is 5.82 Å². The molecule has 1 aromatic carbocycles. The van der Waals surface area contributed by atoms with E-state index in [1.807, 2.05) is 24.3 Å². The van der Waals surface area contributed by atoms with Crippen LogP contribution in [0.1, 0.15) is 10.4 Å². The predicted octanol–water partition coefficient (Wildman–Crippen LogP) is 3.54. The van der Waals surface area contributed by atoms with Gasteiger partial charge in [-0.3, -0.25) is 9.78 Å². The van der Waals surface area contributed by atoms with E-state index in [9.17, 15) is 4.79 Å². The van der Waals surface area contributed by atoms with Crippen molar-refractivity contribution in [1.29, 1.82) is 0 Å². The van der Waals surface area contributed by atoms with Crippen molar-refractivity contribution in [2.75, 3.05) is 5.32 Å². The number of hydrogen-bond donors (Lipinski definition) is 1. The Kier molecular flexibility index (Phi) is 3.31. The Morgan fingerprint density at radius 1 is 1.05 bits per heavy atom. The lowest BCUT2D eigenvalue weighted by Gasteiger charge is -2.06. The van der Waals surface area contributed by atoms with Gasteiger partial charge in [-0.1, -0.05) is 29.8 Å². The summed E-state index contributed by atoms with van der Waals surface area (Å²) in [6.07, 6.45) is 3.20. The molecule has 20 heavy (non-hydrogen) atoms. The highest BCUT2D eigenvalue weighted by Crippen LogP contribution is 2.18. The van der Waals surface area contributed by atoms with Gasteiger partial charge in [0.15, 0.2) is 0 Å². The molecule has 5 heteroatoms. The first-order valence-corrected chi connectivity index (χ1v) is 6.38. The van der Waals surface area contributed by atoms with Gasteiger partial charge >= 0.3 is 0 Å². The number of benzene rings is 1. The molecule has 4 nitrogen and oxygen atoms in total. The van der Waals surface area contributed by atoms with Gasteiger partial charge in [0.05, 0.1) is 11.1 Å². The van der Waals surface area contributed by atoms with E-state index in [0.717, 1.165) is 5.39 Å². The van der Waals surface area contributed by atoms with Gasteiger partial charge in [0.2, 0.25) is 0 Å². The van der Waals surface area contributed by atoms with Gasteiger partial charge < -0.3 is 5.32 Å². The first-order chi connectivity index (χ1) is 9.74. The average Bonchev–Trinajstić information content (AvgIpc) is 2.46.